The van der Waals surface area contributed by atoms with Gasteiger partial charge >= 0.3 is 0 Å². The first-order valence-electron chi connectivity index (χ1n) is 10.7. The lowest BCUT2D eigenvalue weighted by atomic mass is 10.0. The Hall–Kier alpha value is -3.65. The van der Waals surface area contributed by atoms with Gasteiger partial charge in [-0.05, 0) is 48.4 Å². The molecule has 1 atom stereocenters. The average Bonchev–Trinajstić information content (AvgIpc) is 2.81. The maximum atomic E-state index is 13.0. The van der Waals surface area contributed by atoms with Crippen molar-refractivity contribution in [2.45, 2.75) is 25.8 Å². The highest BCUT2D eigenvalue weighted by molar-refractivity contribution is 7.92. The van der Waals surface area contributed by atoms with E-state index in [1.807, 2.05) is 36.4 Å². The summed E-state index contributed by atoms with van der Waals surface area (Å²) in [5.41, 5.74) is 2.28. The number of hydrogen-bond donors (Lipinski definition) is 3. The van der Waals surface area contributed by atoms with Crippen LogP contribution >= 0.6 is 0 Å². The molecule has 0 heterocycles. The SMILES string of the molecule is CCCS(=O)(=O)Nc1ccc(NC(=O)C(Cc2ccccc2)NC(=O)c2ccccc2)cc1. The van der Waals surface area contributed by atoms with Crippen LogP contribution in [0, 0.1) is 0 Å². The predicted octanol–water partition coefficient (Wildman–Crippen LogP) is 3.82. The zero-order valence-corrected chi connectivity index (χ0v) is 19.1. The van der Waals surface area contributed by atoms with Gasteiger partial charge in [-0.15, -0.1) is 0 Å². The third-order valence-electron chi connectivity index (χ3n) is 4.84. The first kappa shape index (κ1) is 24.0. The normalized spacial score (nSPS) is 11.9. The summed E-state index contributed by atoms with van der Waals surface area (Å²) >= 11 is 0. The summed E-state index contributed by atoms with van der Waals surface area (Å²) in [7, 11) is -3.39. The summed E-state index contributed by atoms with van der Waals surface area (Å²) in [4.78, 5) is 25.7. The van der Waals surface area contributed by atoms with Crippen LogP contribution in [0.2, 0.25) is 0 Å². The zero-order valence-electron chi connectivity index (χ0n) is 18.3. The molecular weight excluding hydrogens is 438 g/mol. The van der Waals surface area contributed by atoms with E-state index in [1.54, 1.807) is 55.5 Å². The van der Waals surface area contributed by atoms with Gasteiger partial charge in [0.05, 0.1) is 5.75 Å². The second-order valence-corrected chi connectivity index (χ2v) is 9.41. The maximum absolute atomic E-state index is 13.0. The van der Waals surface area contributed by atoms with Crippen molar-refractivity contribution in [2.75, 3.05) is 15.8 Å². The molecule has 0 bridgehead atoms. The van der Waals surface area contributed by atoms with E-state index in [-0.39, 0.29) is 17.6 Å². The van der Waals surface area contributed by atoms with Crippen LogP contribution in [0.25, 0.3) is 0 Å². The molecule has 3 N–H and O–H groups in total. The fourth-order valence-corrected chi connectivity index (χ4v) is 4.38. The number of carbonyl (C=O) groups excluding carboxylic acids is 2. The molecule has 0 aliphatic heterocycles. The second kappa shape index (κ2) is 11.3. The van der Waals surface area contributed by atoms with E-state index in [2.05, 4.69) is 15.4 Å². The third kappa shape index (κ3) is 7.47. The zero-order chi connectivity index (χ0) is 23.7. The van der Waals surface area contributed by atoms with Gasteiger partial charge < -0.3 is 10.6 Å². The molecule has 172 valence electrons. The highest BCUT2D eigenvalue weighted by Gasteiger charge is 2.22. The Morgan fingerprint density at radius 1 is 0.818 bits per heavy atom. The molecule has 3 rings (SSSR count). The summed E-state index contributed by atoms with van der Waals surface area (Å²) in [5.74, 6) is -0.678. The Labute approximate surface area is 194 Å². The molecule has 0 saturated heterocycles. The van der Waals surface area contributed by atoms with Crippen LogP contribution < -0.4 is 15.4 Å². The lowest BCUT2D eigenvalue weighted by Crippen LogP contribution is -2.45. The Kier molecular flexibility index (Phi) is 8.21. The van der Waals surface area contributed by atoms with Crippen LogP contribution in [0.1, 0.15) is 29.3 Å². The first-order valence-corrected chi connectivity index (χ1v) is 12.3. The van der Waals surface area contributed by atoms with E-state index in [1.165, 1.54) is 0 Å². The molecule has 1 unspecified atom stereocenters. The van der Waals surface area contributed by atoms with Crippen molar-refractivity contribution in [1.29, 1.82) is 0 Å². The van der Waals surface area contributed by atoms with E-state index in [0.717, 1.165) is 5.56 Å². The Morgan fingerprint density at radius 3 is 2.00 bits per heavy atom. The second-order valence-electron chi connectivity index (χ2n) is 7.57. The average molecular weight is 466 g/mol. The molecule has 0 spiro atoms. The summed E-state index contributed by atoms with van der Waals surface area (Å²) in [5, 5.41) is 5.62. The van der Waals surface area contributed by atoms with Gasteiger partial charge in [-0.2, -0.15) is 0 Å². The molecule has 0 aromatic heterocycles. The van der Waals surface area contributed by atoms with Gasteiger partial charge in [-0.25, -0.2) is 8.42 Å². The molecular formula is C25H27N3O4S. The summed E-state index contributed by atoms with van der Waals surface area (Å²) in [6.45, 7) is 1.79. The van der Waals surface area contributed by atoms with Crippen molar-refractivity contribution in [3.05, 3.63) is 96.1 Å². The van der Waals surface area contributed by atoms with Crippen LogP contribution in [0.3, 0.4) is 0 Å². The standard InChI is InChI=1S/C25H27N3O4S/c1-2-17-33(31,32)28-22-15-13-21(14-16-22)26-25(30)23(18-19-9-5-3-6-10-19)27-24(29)20-11-7-4-8-12-20/h3-16,23,28H,2,17-18H2,1H3,(H,26,30)(H,27,29). The summed E-state index contributed by atoms with van der Waals surface area (Å²) < 4.78 is 26.4. The number of anilines is 2. The Balaban J connectivity index is 1.72. The number of carbonyl (C=O) groups is 2. The molecule has 7 nitrogen and oxygen atoms in total. The van der Waals surface area contributed by atoms with Crippen LogP contribution in [-0.4, -0.2) is 32.0 Å². The molecule has 3 aromatic carbocycles. The highest BCUT2D eigenvalue weighted by Crippen LogP contribution is 2.16. The van der Waals surface area contributed by atoms with Crippen LogP contribution in [0.4, 0.5) is 11.4 Å². The fraction of sp³-hybridized carbons (Fsp3) is 0.200. The van der Waals surface area contributed by atoms with Crippen molar-refractivity contribution < 1.29 is 18.0 Å². The van der Waals surface area contributed by atoms with Gasteiger partial charge in [0.25, 0.3) is 5.91 Å². The number of rotatable bonds is 10. The van der Waals surface area contributed by atoms with Crippen LogP contribution in [0.5, 0.6) is 0 Å². The molecule has 0 saturated carbocycles. The van der Waals surface area contributed by atoms with Crippen LogP contribution in [-0.2, 0) is 21.2 Å². The van der Waals surface area contributed by atoms with Gasteiger partial charge in [0.1, 0.15) is 6.04 Å². The largest absolute Gasteiger partial charge is 0.340 e. The lowest BCUT2D eigenvalue weighted by molar-refractivity contribution is -0.118. The lowest BCUT2D eigenvalue weighted by Gasteiger charge is -2.19. The molecule has 33 heavy (non-hydrogen) atoms. The number of hydrogen-bond acceptors (Lipinski definition) is 4. The van der Waals surface area contributed by atoms with Gasteiger partial charge in [-0.3, -0.25) is 14.3 Å². The van der Waals surface area contributed by atoms with Crippen molar-refractivity contribution in [3.63, 3.8) is 0 Å². The molecule has 2 amide bonds. The monoisotopic (exact) mass is 465 g/mol. The van der Waals surface area contributed by atoms with E-state index < -0.39 is 16.1 Å². The molecule has 0 fully saturated rings. The topological polar surface area (TPSA) is 104 Å². The van der Waals surface area contributed by atoms with Crippen molar-refractivity contribution in [1.82, 2.24) is 5.32 Å². The van der Waals surface area contributed by atoms with Gasteiger partial charge in [0.2, 0.25) is 15.9 Å². The number of sulfonamides is 1. The molecule has 0 radical (unpaired) electrons. The fourth-order valence-electron chi connectivity index (χ4n) is 3.24. The van der Waals surface area contributed by atoms with Gasteiger partial charge in [0.15, 0.2) is 0 Å². The summed E-state index contributed by atoms with van der Waals surface area (Å²) in [6.07, 6.45) is 0.834. The third-order valence-corrected chi connectivity index (χ3v) is 6.33. The molecule has 0 aliphatic carbocycles. The quantitative estimate of drug-likeness (QED) is 0.423. The number of benzene rings is 3. The van der Waals surface area contributed by atoms with Crippen molar-refractivity contribution >= 4 is 33.2 Å². The maximum Gasteiger partial charge on any atom is 0.251 e. The Morgan fingerprint density at radius 2 is 1.39 bits per heavy atom. The highest BCUT2D eigenvalue weighted by atomic mass is 32.2. The Bertz CT molecular complexity index is 1170. The van der Waals surface area contributed by atoms with E-state index in [0.29, 0.717) is 29.8 Å². The molecule has 8 heteroatoms. The predicted molar refractivity (Wildman–Crippen MR) is 131 cm³/mol. The van der Waals surface area contributed by atoms with E-state index >= 15 is 0 Å². The summed E-state index contributed by atoms with van der Waals surface area (Å²) in [6, 6.07) is 23.7. The van der Waals surface area contributed by atoms with Crippen LogP contribution in [0.15, 0.2) is 84.9 Å². The van der Waals surface area contributed by atoms with Gasteiger partial charge in [0, 0.05) is 23.4 Å². The minimum atomic E-state index is -3.39. The number of amides is 2. The van der Waals surface area contributed by atoms with Crippen molar-refractivity contribution in [2.24, 2.45) is 0 Å². The minimum Gasteiger partial charge on any atom is -0.340 e. The minimum absolute atomic E-state index is 0.0355. The molecule has 0 aliphatic rings. The number of nitrogens with one attached hydrogen (secondary N) is 3. The van der Waals surface area contributed by atoms with Gasteiger partial charge in [-0.1, -0.05) is 55.5 Å². The van der Waals surface area contributed by atoms with E-state index in [4.69, 9.17) is 0 Å². The van der Waals surface area contributed by atoms with E-state index in [9.17, 15) is 18.0 Å². The molecule has 3 aromatic rings. The first-order chi connectivity index (χ1) is 15.9. The smallest absolute Gasteiger partial charge is 0.251 e. The van der Waals surface area contributed by atoms with Crippen molar-refractivity contribution in [3.8, 4) is 0 Å².